The van der Waals surface area contributed by atoms with E-state index in [0.29, 0.717) is 11.3 Å². The highest BCUT2D eigenvalue weighted by molar-refractivity contribution is 5.89. The van der Waals surface area contributed by atoms with E-state index < -0.39 is 0 Å². The number of rotatable bonds is 9. The summed E-state index contributed by atoms with van der Waals surface area (Å²) >= 11 is 0. The number of allylic oxidation sites excluding steroid dienone is 3. The highest BCUT2D eigenvalue weighted by atomic mass is 16.5. The maximum atomic E-state index is 12.2. The molecule has 0 aliphatic rings. The Morgan fingerprint density at radius 2 is 1.48 bits per heavy atom. The Labute approximate surface area is 172 Å². The third-order valence-corrected chi connectivity index (χ3v) is 4.19. The third-order valence-electron chi connectivity index (χ3n) is 4.19. The van der Waals surface area contributed by atoms with E-state index in [4.69, 9.17) is 9.47 Å². The summed E-state index contributed by atoms with van der Waals surface area (Å²) in [4.78, 5) is 12.2. The molecule has 5 heteroatoms. The van der Waals surface area contributed by atoms with Gasteiger partial charge in [0.2, 0.25) is 0 Å². The van der Waals surface area contributed by atoms with Crippen LogP contribution >= 0.6 is 0 Å². The number of carbonyl (C=O) groups is 1. The van der Waals surface area contributed by atoms with Crippen LogP contribution in [0.5, 0.6) is 5.75 Å². The van der Waals surface area contributed by atoms with Gasteiger partial charge in [0.15, 0.2) is 0 Å². The Morgan fingerprint density at radius 1 is 0.897 bits per heavy atom. The molecule has 0 aromatic heterocycles. The van der Waals surface area contributed by atoms with E-state index in [-0.39, 0.29) is 12.6 Å². The van der Waals surface area contributed by atoms with Crippen molar-refractivity contribution in [2.45, 2.75) is 33.6 Å². The fraction of sp³-hybridized carbons (Fsp3) is 0.292. The second-order valence-electron chi connectivity index (χ2n) is 6.91. The monoisotopic (exact) mass is 392 g/mol. The molecule has 0 radical (unpaired) electrons. The molecule has 0 unspecified atom stereocenters. The van der Waals surface area contributed by atoms with E-state index in [2.05, 4.69) is 37.1 Å². The topological polar surface area (TPSA) is 60.2 Å². The van der Waals surface area contributed by atoms with Crippen LogP contribution in [0.3, 0.4) is 0 Å². The zero-order valence-corrected chi connectivity index (χ0v) is 17.5. The first-order valence-corrected chi connectivity index (χ1v) is 9.60. The van der Waals surface area contributed by atoms with Crippen LogP contribution in [0.1, 0.15) is 44.0 Å². The molecule has 0 aliphatic carbocycles. The van der Waals surface area contributed by atoms with Crippen LogP contribution < -0.4 is 4.74 Å². The van der Waals surface area contributed by atoms with Crippen molar-refractivity contribution in [3.63, 3.8) is 0 Å². The molecule has 0 saturated heterocycles. The zero-order valence-electron chi connectivity index (χ0n) is 17.5. The molecular weight excluding hydrogens is 364 g/mol. The smallest absolute Gasteiger partial charge is 0.338 e. The number of hydrogen-bond acceptors (Lipinski definition) is 5. The Kier molecular flexibility index (Phi) is 8.83. The second-order valence-corrected chi connectivity index (χ2v) is 6.91. The number of hydrogen-bond donors (Lipinski definition) is 0. The summed E-state index contributed by atoms with van der Waals surface area (Å²) in [7, 11) is 1.62. The minimum atomic E-state index is -0.350. The Balaban J connectivity index is 1.84. The highest BCUT2D eigenvalue weighted by Crippen LogP contribution is 2.21. The third kappa shape index (κ3) is 8.13. The predicted octanol–water partition coefficient (Wildman–Crippen LogP) is 6.96. The summed E-state index contributed by atoms with van der Waals surface area (Å²) in [5.41, 5.74) is 4.40. The average molecular weight is 392 g/mol. The van der Waals surface area contributed by atoms with Gasteiger partial charge in [-0.1, -0.05) is 17.2 Å². The number of methoxy groups -OCH3 is 1. The Bertz CT molecular complexity index is 875. The summed E-state index contributed by atoms with van der Waals surface area (Å²) in [6, 6.07) is 14.2. The van der Waals surface area contributed by atoms with Gasteiger partial charge in [-0.3, -0.25) is 0 Å². The van der Waals surface area contributed by atoms with Crippen LogP contribution in [0.25, 0.3) is 0 Å². The van der Waals surface area contributed by atoms with Gasteiger partial charge in [-0.05, 0) is 88.2 Å². The number of carbonyl (C=O) groups excluding carboxylic acids is 1. The van der Waals surface area contributed by atoms with Gasteiger partial charge >= 0.3 is 5.97 Å². The molecule has 0 heterocycles. The molecule has 0 spiro atoms. The molecule has 0 N–H and O–H groups in total. The molecule has 5 nitrogen and oxygen atoms in total. The lowest BCUT2D eigenvalue weighted by atomic mass is 10.1. The first kappa shape index (κ1) is 22.1. The normalized spacial score (nSPS) is 11.4. The lowest BCUT2D eigenvalue weighted by Crippen LogP contribution is -2.05. The first-order valence-electron chi connectivity index (χ1n) is 9.60. The Hall–Kier alpha value is -3.21. The van der Waals surface area contributed by atoms with E-state index in [9.17, 15) is 4.79 Å². The summed E-state index contributed by atoms with van der Waals surface area (Å²) < 4.78 is 10.4. The van der Waals surface area contributed by atoms with Gasteiger partial charge in [-0.25, -0.2) is 4.79 Å². The second kappa shape index (κ2) is 11.6. The summed E-state index contributed by atoms with van der Waals surface area (Å²) in [6.45, 7) is 6.51. The van der Waals surface area contributed by atoms with Crippen molar-refractivity contribution in [1.29, 1.82) is 0 Å². The molecule has 0 bridgehead atoms. The van der Waals surface area contributed by atoms with Crippen molar-refractivity contribution in [1.82, 2.24) is 0 Å². The minimum Gasteiger partial charge on any atom is -0.497 e. The molecule has 2 aromatic carbocycles. The van der Waals surface area contributed by atoms with E-state index in [1.54, 1.807) is 31.4 Å². The van der Waals surface area contributed by atoms with Crippen molar-refractivity contribution in [2.75, 3.05) is 13.7 Å². The zero-order chi connectivity index (χ0) is 21.1. The number of benzene rings is 2. The SMILES string of the molecule is COc1ccc(N=Nc2ccc(C(=O)OC/C=C(\C)CCC=C(C)C)cc2)cc1. The molecule has 0 fully saturated rings. The van der Waals surface area contributed by atoms with Crippen LogP contribution in [0.2, 0.25) is 0 Å². The largest absolute Gasteiger partial charge is 0.497 e. The molecule has 0 amide bonds. The average Bonchev–Trinajstić information content (AvgIpc) is 2.72. The summed E-state index contributed by atoms with van der Waals surface area (Å²) in [5.74, 6) is 0.418. The molecule has 152 valence electrons. The quantitative estimate of drug-likeness (QED) is 0.263. The maximum Gasteiger partial charge on any atom is 0.338 e. The number of nitrogens with zero attached hydrogens (tertiary/aromatic N) is 2. The summed E-state index contributed by atoms with van der Waals surface area (Å²) in [6.07, 6.45) is 6.13. The summed E-state index contributed by atoms with van der Waals surface area (Å²) in [5, 5.41) is 8.35. The van der Waals surface area contributed by atoms with Crippen molar-refractivity contribution >= 4 is 17.3 Å². The molecule has 0 aliphatic heterocycles. The van der Waals surface area contributed by atoms with Gasteiger partial charge in [0, 0.05) is 0 Å². The van der Waals surface area contributed by atoms with Gasteiger partial charge < -0.3 is 9.47 Å². The minimum absolute atomic E-state index is 0.276. The van der Waals surface area contributed by atoms with Crippen molar-refractivity contribution in [3.8, 4) is 5.75 Å². The van der Waals surface area contributed by atoms with Crippen LogP contribution in [-0.4, -0.2) is 19.7 Å². The standard InChI is InChI=1S/C24H28N2O3/c1-18(2)6-5-7-19(3)16-17-29-24(27)20-8-10-21(11-9-20)25-26-22-12-14-23(28-4)15-13-22/h6,8-16H,5,7,17H2,1-4H3/b19-16+,26-25?. The van der Waals surface area contributed by atoms with Crippen molar-refractivity contribution in [3.05, 3.63) is 77.4 Å². The fourth-order valence-corrected chi connectivity index (χ4v) is 2.46. The molecule has 0 atom stereocenters. The molecule has 29 heavy (non-hydrogen) atoms. The lowest BCUT2D eigenvalue weighted by Gasteiger charge is -2.04. The van der Waals surface area contributed by atoms with E-state index in [1.807, 2.05) is 30.3 Å². The maximum absolute atomic E-state index is 12.2. The highest BCUT2D eigenvalue weighted by Gasteiger charge is 2.06. The van der Waals surface area contributed by atoms with E-state index >= 15 is 0 Å². The van der Waals surface area contributed by atoms with E-state index in [1.165, 1.54) is 11.1 Å². The van der Waals surface area contributed by atoms with Crippen LogP contribution in [0.15, 0.2) is 82.1 Å². The van der Waals surface area contributed by atoms with Crippen LogP contribution in [-0.2, 0) is 4.74 Å². The number of ether oxygens (including phenoxy) is 2. The fourth-order valence-electron chi connectivity index (χ4n) is 2.46. The van der Waals surface area contributed by atoms with Crippen molar-refractivity contribution < 1.29 is 14.3 Å². The number of azo groups is 1. The van der Waals surface area contributed by atoms with E-state index in [0.717, 1.165) is 24.3 Å². The predicted molar refractivity (Wildman–Crippen MR) is 116 cm³/mol. The van der Waals surface area contributed by atoms with Crippen molar-refractivity contribution in [2.24, 2.45) is 10.2 Å². The molecule has 2 rings (SSSR count). The van der Waals surface area contributed by atoms with Gasteiger partial charge in [-0.2, -0.15) is 10.2 Å². The van der Waals surface area contributed by atoms with Gasteiger partial charge in [0.1, 0.15) is 12.4 Å². The first-order chi connectivity index (χ1) is 14.0. The van der Waals surface area contributed by atoms with Crippen LogP contribution in [0, 0.1) is 0 Å². The van der Waals surface area contributed by atoms with Gasteiger partial charge in [0.05, 0.1) is 24.0 Å². The Morgan fingerprint density at radius 3 is 2.03 bits per heavy atom. The number of esters is 1. The molecular formula is C24H28N2O3. The lowest BCUT2D eigenvalue weighted by molar-refractivity contribution is 0.0549. The van der Waals surface area contributed by atoms with Gasteiger partial charge in [-0.15, -0.1) is 0 Å². The molecule has 0 saturated carbocycles. The molecule has 2 aromatic rings. The van der Waals surface area contributed by atoms with Gasteiger partial charge in [0.25, 0.3) is 0 Å². The van der Waals surface area contributed by atoms with Crippen LogP contribution in [0.4, 0.5) is 11.4 Å².